The quantitative estimate of drug-likeness (QED) is 0.148. The standard InChI is InChI=1S/C26H46ClNO2/c1-2-3-4-5-6-7-8-9-10-11-12-13-14-15-16-17-21-28-24-18-19-26(25(29)23-24)30-22-20-27/h18-19,23,28-29H,2-17,20-22H2,1H3. The van der Waals surface area contributed by atoms with Crippen LogP contribution >= 0.6 is 11.6 Å². The molecule has 0 saturated carbocycles. The fourth-order valence-electron chi connectivity index (χ4n) is 3.80. The summed E-state index contributed by atoms with van der Waals surface area (Å²) in [5.74, 6) is 1.07. The molecule has 0 saturated heterocycles. The molecule has 3 nitrogen and oxygen atoms in total. The van der Waals surface area contributed by atoms with Gasteiger partial charge in [0.05, 0.1) is 5.88 Å². The van der Waals surface area contributed by atoms with Crippen molar-refractivity contribution in [2.45, 2.75) is 110 Å². The molecule has 0 aromatic heterocycles. The highest BCUT2D eigenvalue weighted by atomic mass is 35.5. The van der Waals surface area contributed by atoms with Gasteiger partial charge in [0.15, 0.2) is 11.5 Å². The van der Waals surface area contributed by atoms with Gasteiger partial charge < -0.3 is 15.2 Å². The van der Waals surface area contributed by atoms with Crippen LogP contribution in [0.15, 0.2) is 18.2 Å². The molecule has 1 aromatic rings. The number of unbranched alkanes of at least 4 members (excludes halogenated alkanes) is 15. The summed E-state index contributed by atoms with van der Waals surface area (Å²) in [7, 11) is 0. The number of halogens is 1. The number of phenolic OH excluding ortho intramolecular Hbond substituents is 1. The van der Waals surface area contributed by atoms with Crippen molar-refractivity contribution >= 4 is 17.3 Å². The van der Waals surface area contributed by atoms with Crippen LogP contribution in [0.2, 0.25) is 0 Å². The van der Waals surface area contributed by atoms with E-state index in [1.54, 1.807) is 12.1 Å². The Bertz CT molecular complexity index is 510. The number of hydrogen-bond donors (Lipinski definition) is 2. The first kappa shape index (κ1) is 26.9. The van der Waals surface area contributed by atoms with Crippen molar-refractivity contribution in [1.29, 1.82) is 0 Å². The lowest BCUT2D eigenvalue weighted by Gasteiger charge is -2.10. The van der Waals surface area contributed by atoms with Gasteiger partial charge >= 0.3 is 0 Å². The summed E-state index contributed by atoms with van der Waals surface area (Å²) in [6.45, 7) is 3.63. The van der Waals surface area contributed by atoms with Gasteiger partial charge in [0.25, 0.3) is 0 Å². The zero-order valence-corrected chi connectivity index (χ0v) is 20.2. The molecule has 30 heavy (non-hydrogen) atoms. The van der Waals surface area contributed by atoms with Crippen LogP contribution in [-0.2, 0) is 0 Å². The van der Waals surface area contributed by atoms with Gasteiger partial charge in [-0.3, -0.25) is 0 Å². The van der Waals surface area contributed by atoms with Crippen molar-refractivity contribution in [3.8, 4) is 11.5 Å². The normalized spacial score (nSPS) is 11.0. The Balaban J connectivity index is 1.85. The lowest BCUT2D eigenvalue weighted by Crippen LogP contribution is -2.02. The second-order valence-corrected chi connectivity index (χ2v) is 8.83. The van der Waals surface area contributed by atoms with Gasteiger partial charge in [-0.2, -0.15) is 0 Å². The summed E-state index contributed by atoms with van der Waals surface area (Å²) in [5, 5.41) is 13.3. The van der Waals surface area contributed by atoms with E-state index >= 15 is 0 Å². The minimum absolute atomic E-state index is 0.164. The number of aromatic hydroxyl groups is 1. The van der Waals surface area contributed by atoms with E-state index in [1.165, 1.54) is 103 Å². The number of ether oxygens (including phenoxy) is 1. The van der Waals surface area contributed by atoms with Crippen LogP contribution in [0.25, 0.3) is 0 Å². The topological polar surface area (TPSA) is 41.5 Å². The third-order valence-electron chi connectivity index (χ3n) is 5.65. The molecule has 0 aliphatic carbocycles. The molecule has 0 bridgehead atoms. The van der Waals surface area contributed by atoms with E-state index in [2.05, 4.69) is 12.2 Å². The first-order valence-electron chi connectivity index (χ1n) is 12.5. The van der Waals surface area contributed by atoms with Crippen molar-refractivity contribution < 1.29 is 9.84 Å². The van der Waals surface area contributed by atoms with E-state index in [0.717, 1.165) is 12.2 Å². The molecule has 0 atom stereocenters. The smallest absolute Gasteiger partial charge is 0.161 e. The van der Waals surface area contributed by atoms with E-state index in [0.29, 0.717) is 18.2 Å². The molecule has 2 N–H and O–H groups in total. The highest BCUT2D eigenvalue weighted by Gasteiger charge is 2.03. The lowest BCUT2D eigenvalue weighted by atomic mass is 10.0. The first-order chi connectivity index (χ1) is 14.8. The van der Waals surface area contributed by atoms with E-state index in [1.807, 2.05) is 6.07 Å². The molecular formula is C26H46ClNO2. The molecule has 0 heterocycles. The number of nitrogens with one attached hydrogen (secondary N) is 1. The fraction of sp³-hybridized carbons (Fsp3) is 0.769. The Morgan fingerprint density at radius 1 is 0.767 bits per heavy atom. The summed E-state index contributed by atoms with van der Waals surface area (Å²) < 4.78 is 5.37. The predicted molar refractivity (Wildman–Crippen MR) is 132 cm³/mol. The average molecular weight is 440 g/mol. The molecule has 4 heteroatoms. The highest BCUT2D eigenvalue weighted by Crippen LogP contribution is 2.29. The number of benzene rings is 1. The van der Waals surface area contributed by atoms with Gasteiger partial charge in [-0.05, 0) is 18.6 Å². The van der Waals surface area contributed by atoms with Crippen molar-refractivity contribution in [2.75, 3.05) is 24.3 Å². The Kier molecular flexibility index (Phi) is 17.8. The van der Waals surface area contributed by atoms with Crippen molar-refractivity contribution in [3.63, 3.8) is 0 Å². The number of phenols is 1. The molecule has 1 rings (SSSR count). The summed E-state index contributed by atoms with van der Waals surface area (Å²) >= 11 is 5.60. The summed E-state index contributed by atoms with van der Waals surface area (Å²) in [4.78, 5) is 0. The summed E-state index contributed by atoms with van der Waals surface area (Å²) in [6.07, 6.45) is 22.2. The molecule has 0 aliphatic heterocycles. The highest BCUT2D eigenvalue weighted by molar-refractivity contribution is 6.18. The first-order valence-corrected chi connectivity index (χ1v) is 13.1. The Hall–Kier alpha value is -1.09. The van der Waals surface area contributed by atoms with E-state index in [4.69, 9.17) is 16.3 Å². The van der Waals surface area contributed by atoms with E-state index in [9.17, 15) is 5.11 Å². The third-order valence-corrected chi connectivity index (χ3v) is 5.81. The van der Waals surface area contributed by atoms with Crippen LogP contribution < -0.4 is 10.1 Å². The minimum Gasteiger partial charge on any atom is -0.504 e. The van der Waals surface area contributed by atoms with Gasteiger partial charge in [-0.1, -0.05) is 103 Å². The number of hydrogen-bond acceptors (Lipinski definition) is 3. The fourth-order valence-corrected chi connectivity index (χ4v) is 3.88. The van der Waals surface area contributed by atoms with Gasteiger partial charge in [0.1, 0.15) is 6.61 Å². The maximum atomic E-state index is 9.95. The second-order valence-electron chi connectivity index (χ2n) is 8.45. The average Bonchev–Trinajstić information content (AvgIpc) is 2.75. The predicted octanol–water partition coefficient (Wildman–Crippen LogP) is 8.68. The largest absolute Gasteiger partial charge is 0.504 e. The van der Waals surface area contributed by atoms with Crippen molar-refractivity contribution in [3.05, 3.63) is 18.2 Å². The third kappa shape index (κ3) is 14.8. The molecule has 174 valence electrons. The molecule has 0 amide bonds. The Morgan fingerprint density at radius 3 is 1.73 bits per heavy atom. The Morgan fingerprint density at radius 2 is 1.27 bits per heavy atom. The molecule has 1 aromatic carbocycles. The maximum absolute atomic E-state index is 9.95. The van der Waals surface area contributed by atoms with Crippen LogP contribution in [0, 0.1) is 0 Å². The monoisotopic (exact) mass is 439 g/mol. The van der Waals surface area contributed by atoms with Crippen LogP contribution in [0.5, 0.6) is 11.5 Å². The molecule has 0 spiro atoms. The summed E-state index contributed by atoms with van der Waals surface area (Å²) in [6, 6.07) is 5.45. The molecular weight excluding hydrogens is 394 g/mol. The van der Waals surface area contributed by atoms with E-state index in [-0.39, 0.29) is 5.75 Å². The summed E-state index contributed by atoms with van der Waals surface area (Å²) in [5.41, 5.74) is 0.937. The maximum Gasteiger partial charge on any atom is 0.161 e. The molecule has 0 radical (unpaired) electrons. The van der Waals surface area contributed by atoms with Crippen molar-refractivity contribution in [1.82, 2.24) is 0 Å². The molecule has 0 fully saturated rings. The molecule has 0 unspecified atom stereocenters. The zero-order valence-electron chi connectivity index (χ0n) is 19.4. The number of alkyl halides is 1. The van der Waals surface area contributed by atoms with Gasteiger partial charge in [0, 0.05) is 18.3 Å². The van der Waals surface area contributed by atoms with Crippen LogP contribution in [0.4, 0.5) is 5.69 Å². The van der Waals surface area contributed by atoms with Crippen LogP contribution in [-0.4, -0.2) is 24.1 Å². The number of anilines is 1. The SMILES string of the molecule is CCCCCCCCCCCCCCCCCCNc1ccc(OCCCl)c(O)c1. The Labute approximate surface area is 190 Å². The van der Waals surface area contributed by atoms with Gasteiger partial charge in [0.2, 0.25) is 0 Å². The lowest BCUT2D eigenvalue weighted by molar-refractivity contribution is 0.320. The zero-order chi connectivity index (χ0) is 21.7. The molecule has 0 aliphatic rings. The van der Waals surface area contributed by atoms with Crippen molar-refractivity contribution in [2.24, 2.45) is 0 Å². The van der Waals surface area contributed by atoms with Crippen LogP contribution in [0.3, 0.4) is 0 Å². The minimum atomic E-state index is 0.164. The van der Waals surface area contributed by atoms with Gasteiger partial charge in [-0.15, -0.1) is 11.6 Å². The second kappa shape index (κ2) is 19.8. The number of rotatable bonds is 21. The van der Waals surface area contributed by atoms with Crippen LogP contribution in [0.1, 0.15) is 110 Å². The van der Waals surface area contributed by atoms with Gasteiger partial charge in [-0.25, -0.2) is 0 Å². The van der Waals surface area contributed by atoms with E-state index < -0.39 is 0 Å².